The highest BCUT2D eigenvalue weighted by molar-refractivity contribution is 6.30. The SMILES string of the molecule is O=C(O)c1ccc2c(c1)nc(-c1cc3ccc(-c4ccccc4-c4ccc(Cl)cc4)nc3cc1F)n2C1CCCCC1. The Kier molecular flexibility index (Phi) is 6.71. The van der Waals surface area contributed by atoms with E-state index in [1.807, 2.05) is 66.7 Å². The van der Waals surface area contributed by atoms with Crippen LogP contribution in [-0.2, 0) is 0 Å². The summed E-state index contributed by atoms with van der Waals surface area (Å²) in [5.41, 5.74) is 6.21. The molecule has 0 bridgehead atoms. The second-order valence-corrected chi connectivity index (χ2v) is 11.3. The third-order valence-corrected chi connectivity index (χ3v) is 8.51. The molecular formula is C35H27ClFN3O2. The van der Waals surface area contributed by atoms with Gasteiger partial charge in [0.05, 0.1) is 33.4 Å². The van der Waals surface area contributed by atoms with Gasteiger partial charge in [-0.1, -0.05) is 73.3 Å². The fourth-order valence-electron chi connectivity index (χ4n) is 6.19. The molecule has 6 aromatic rings. The number of halogens is 2. The van der Waals surface area contributed by atoms with Gasteiger partial charge < -0.3 is 9.67 Å². The standard InChI is InChI=1S/C35H27ClFN3O2/c36-24-14-10-21(11-15-24)26-8-4-5-9-27(26)30-16-12-22-18-28(29(37)20-31(22)38-30)34-39-32-19-23(35(41)42)13-17-33(32)40(34)25-6-2-1-3-7-25/h4-5,8-20,25H,1-3,6-7H2,(H,41,42). The lowest BCUT2D eigenvalue weighted by Crippen LogP contribution is -2.14. The van der Waals surface area contributed by atoms with E-state index in [4.69, 9.17) is 21.6 Å². The predicted octanol–water partition coefficient (Wildman–Crippen LogP) is 9.58. The number of benzene rings is 4. The summed E-state index contributed by atoms with van der Waals surface area (Å²) in [4.78, 5) is 21.3. The molecule has 1 aliphatic rings. The van der Waals surface area contributed by atoms with Crippen molar-refractivity contribution in [3.63, 3.8) is 0 Å². The molecule has 4 aromatic carbocycles. The molecular weight excluding hydrogens is 549 g/mol. The predicted molar refractivity (Wildman–Crippen MR) is 165 cm³/mol. The number of aromatic carboxylic acids is 1. The fraction of sp³-hybridized carbons (Fsp3) is 0.171. The normalized spacial score (nSPS) is 14.0. The van der Waals surface area contributed by atoms with E-state index in [-0.39, 0.29) is 11.6 Å². The summed E-state index contributed by atoms with van der Waals surface area (Å²) in [5.74, 6) is -0.901. The van der Waals surface area contributed by atoms with Gasteiger partial charge in [-0.25, -0.2) is 19.2 Å². The summed E-state index contributed by atoms with van der Waals surface area (Å²) in [6, 6.07) is 28.1. The van der Waals surface area contributed by atoms with Crippen LogP contribution in [0.4, 0.5) is 4.39 Å². The lowest BCUT2D eigenvalue weighted by molar-refractivity contribution is 0.0697. The van der Waals surface area contributed by atoms with Crippen LogP contribution in [0.2, 0.25) is 5.02 Å². The molecule has 1 fully saturated rings. The van der Waals surface area contributed by atoms with Gasteiger partial charge in [-0.2, -0.15) is 0 Å². The molecule has 0 spiro atoms. The van der Waals surface area contributed by atoms with E-state index in [2.05, 4.69) is 4.57 Å². The van der Waals surface area contributed by atoms with Gasteiger partial charge in [0.25, 0.3) is 0 Å². The average molecular weight is 576 g/mol. The number of carboxylic acid groups (broad SMARTS) is 1. The van der Waals surface area contributed by atoms with Crippen LogP contribution in [0.5, 0.6) is 0 Å². The average Bonchev–Trinajstić information content (AvgIpc) is 3.40. The molecule has 0 amide bonds. The number of fused-ring (bicyclic) bond motifs is 2. The number of carboxylic acids is 1. The maximum absolute atomic E-state index is 16.0. The lowest BCUT2D eigenvalue weighted by Gasteiger charge is -2.26. The van der Waals surface area contributed by atoms with Gasteiger partial charge in [-0.3, -0.25) is 0 Å². The molecule has 0 atom stereocenters. The summed E-state index contributed by atoms with van der Waals surface area (Å²) in [7, 11) is 0. The van der Waals surface area contributed by atoms with Crippen molar-refractivity contribution >= 4 is 39.5 Å². The van der Waals surface area contributed by atoms with E-state index in [9.17, 15) is 9.90 Å². The minimum atomic E-state index is -1.01. The van der Waals surface area contributed by atoms with E-state index in [0.717, 1.165) is 59.0 Å². The number of imidazole rings is 1. The molecule has 2 aromatic heterocycles. The lowest BCUT2D eigenvalue weighted by atomic mass is 9.94. The number of rotatable bonds is 5. The Morgan fingerprint density at radius 1 is 0.810 bits per heavy atom. The molecule has 0 aliphatic heterocycles. The highest BCUT2D eigenvalue weighted by Crippen LogP contribution is 2.38. The minimum absolute atomic E-state index is 0.164. The number of aromatic nitrogens is 3. The topological polar surface area (TPSA) is 68.0 Å². The van der Waals surface area contributed by atoms with Crippen molar-refractivity contribution in [1.29, 1.82) is 0 Å². The van der Waals surface area contributed by atoms with Gasteiger partial charge in [0.15, 0.2) is 0 Å². The summed E-state index contributed by atoms with van der Waals surface area (Å²) in [5, 5.41) is 11.0. The first-order chi connectivity index (χ1) is 20.5. The van der Waals surface area contributed by atoms with Gasteiger partial charge in [0.2, 0.25) is 0 Å². The van der Waals surface area contributed by atoms with Gasteiger partial charge in [-0.05, 0) is 66.4 Å². The first kappa shape index (κ1) is 26.4. The van der Waals surface area contributed by atoms with Crippen LogP contribution < -0.4 is 0 Å². The van der Waals surface area contributed by atoms with Crippen molar-refractivity contribution in [1.82, 2.24) is 14.5 Å². The van der Waals surface area contributed by atoms with Crippen molar-refractivity contribution < 1.29 is 14.3 Å². The summed E-state index contributed by atoms with van der Waals surface area (Å²) in [6.07, 6.45) is 5.34. The van der Waals surface area contributed by atoms with Crippen LogP contribution in [0.3, 0.4) is 0 Å². The zero-order valence-electron chi connectivity index (χ0n) is 22.7. The fourth-order valence-corrected chi connectivity index (χ4v) is 6.31. The Labute approximate surface area is 247 Å². The Morgan fingerprint density at radius 2 is 1.57 bits per heavy atom. The molecule has 1 N–H and O–H groups in total. The smallest absolute Gasteiger partial charge is 0.335 e. The van der Waals surface area contributed by atoms with Crippen LogP contribution >= 0.6 is 11.6 Å². The first-order valence-corrected chi connectivity index (χ1v) is 14.6. The Balaban J connectivity index is 1.35. The van der Waals surface area contributed by atoms with Crippen molar-refractivity contribution in [2.45, 2.75) is 38.1 Å². The Hall–Kier alpha value is -4.55. The second-order valence-electron chi connectivity index (χ2n) is 10.9. The number of hydrogen-bond donors (Lipinski definition) is 1. The molecule has 42 heavy (non-hydrogen) atoms. The zero-order valence-corrected chi connectivity index (χ0v) is 23.5. The van der Waals surface area contributed by atoms with Crippen molar-refractivity contribution in [2.24, 2.45) is 0 Å². The van der Waals surface area contributed by atoms with E-state index in [1.165, 1.54) is 12.5 Å². The molecule has 1 saturated carbocycles. The van der Waals surface area contributed by atoms with E-state index >= 15 is 4.39 Å². The number of hydrogen-bond acceptors (Lipinski definition) is 3. The molecule has 1 aliphatic carbocycles. The number of pyridine rings is 1. The molecule has 0 radical (unpaired) electrons. The number of carbonyl (C=O) groups is 1. The maximum atomic E-state index is 16.0. The van der Waals surface area contributed by atoms with Crippen molar-refractivity contribution in [3.05, 3.63) is 107 Å². The van der Waals surface area contributed by atoms with E-state index in [0.29, 0.717) is 27.4 Å². The largest absolute Gasteiger partial charge is 0.478 e. The maximum Gasteiger partial charge on any atom is 0.335 e. The highest BCUT2D eigenvalue weighted by atomic mass is 35.5. The second kappa shape index (κ2) is 10.7. The molecule has 208 valence electrons. The Bertz CT molecular complexity index is 1980. The van der Waals surface area contributed by atoms with Crippen LogP contribution in [0, 0.1) is 5.82 Å². The monoisotopic (exact) mass is 575 g/mol. The first-order valence-electron chi connectivity index (χ1n) is 14.2. The van der Waals surface area contributed by atoms with Crippen LogP contribution in [-0.4, -0.2) is 25.6 Å². The number of nitrogens with zero attached hydrogens (tertiary/aromatic N) is 3. The molecule has 0 saturated heterocycles. The summed E-state index contributed by atoms with van der Waals surface area (Å²) in [6.45, 7) is 0. The third kappa shape index (κ3) is 4.72. The van der Waals surface area contributed by atoms with Gasteiger partial charge in [-0.15, -0.1) is 0 Å². The molecule has 7 heteroatoms. The molecule has 0 unspecified atom stereocenters. The summed E-state index contributed by atoms with van der Waals surface area (Å²) < 4.78 is 18.1. The van der Waals surface area contributed by atoms with E-state index in [1.54, 1.807) is 18.2 Å². The quantitative estimate of drug-likeness (QED) is 0.222. The van der Waals surface area contributed by atoms with Gasteiger partial charge >= 0.3 is 5.97 Å². The van der Waals surface area contributed by atoms with E-state index < -0.39 is 11.8 Å². The zero-order chi connectivity index (χ0) is 28.8. The molecule has 7 rings (SSSR count). The minimum Gasteiger partial charge on any atom is -0.478 e. The molecule has 2 heterocycles. The van der Waals surface area contributed by atoms with Crippen LogP contribution in [0.25, 0.3) is 55.7 Å². The third-order valence-electron chi connectivity index (χ3n) is 8.25. The van der Waals surface area contributed by atoms with Crippen LogP contribution in [0.1, 0.15) is 48.5 Å². The molecule has 5 nitrogen and oxygen atoms in total. The van der Waals surface area contributed by atoms with Crippen molar-refractivity contribution in [2.75, 3.05) is 0 Å². The van der Waals surface area contributed by atoms with Gasteiger partial charge in [0.1, 0.15) is 11.6 Å². The highest BCUT2D eigenvalue weighted by Gasteiger charge is 2.25. The van der Waals surface area contributed by atoms with Crippen molar-refractivity contribution in [3.8, 4) is 33.8 Å². The van der Waals surface area contributed by atoms with Gasteiger partial charge in [0, 0.05) is 28.1 Å². The van der Waals surface area contributed by atoms with Crippen LogP contribution in [0.15, 0.2) is 91.0 Å². The summed E-state index contributed by atoms with van der Waals surface area (Å²) >= 11 is 6.11. The Morgan fingerprint density at radius 3 is 2.33 bits per heavy atom.